The lowest BCUT2D eigenvalue weighted by molar-refractivity contribution is -0.138. The van der Waals surface area contributed by atoms with Crippen molar-refractivity contribution in [2.75, 3.05) is 6.54 Å². The van der Waals surface area contributed by atoms with Crippen LogP contribution in [0.25, 0.3) is 0 Å². The first-order chi connectivity index (χ1) is 9.43. The maximum Gasteiger partial charge on any atom is 0.417 e. The fourth-order valence-electron chi connectivity index (χ4n) is 1.98. The molecule has 0 radical (unpaired) electrons. The van der Waals surface area contributed by atoms with Crippen LogP contribution in [0.1, 0.15) is 29.0 Å². The summed E-state index contributed by atoms with van der Waals surface area (Å²) < 4.78 is 39.0. The highest BCUT2D eigenvalue weighted by Gasteiger charge is 2.33. The molecule has 1 nitrogen and oxygen atoms in total. The lowest BCUT2D eigenvalue weighted by atomic mass is 10.0. The number of halogens is 4. The Kier molecular flexibility index (Phi) is 4.88. The topological polar surface area (TPSA) is 12.0 Å². The van der Waals surface area contributed by atoms with E-state index in [1.807, 2.05) is 24.4 Å². The third kappa shape index (κ3) is 3.42. The smallest absolute Gasteiger partial charge is 0.306 e. The Morgan fingerprint density at radius 1 is 1.30 bits per heavy atom. The second-order valence-electron chi connectivity index (χ2n) is 4.24. The minimum absolute atomic E-state index is 0.0650. The van der Waals surface area contributed by atoms with Crippen molar-refractivity contribution in [1.82, 2.24) is 5.32 Å². The Labute approximate surface area is 128 Å². The molecule has 1 aromatic carbocycles. The molecule has 2 rings (SSSR count). The van der Waals surface area contributed by atoms with Crippen LogP contribution in [0.2, 0.25) is 0 Å². The van der Waals surface area contributed by atoms with Crippen molar-refractivity contribution in [3.8, 4) is 0 Å². The van der Waals surface area contributed by atoms with Crippen molar-refractivity contribution in [2.45, 2.75) is 19.1 Å². The van der Waals surface area contributed by atoms with E-state index in [1.165, 1.54) is 23.5 Å². The van der Waals surface area contributed by atoms with Crippen LogP contribution in [0.15, 0.2) is 40.2 Å². The number of benzene rings is 1. The second-order valence-corrected chi connectivity index (χ2v) is 6.08. The van der Waals surface area contributed by atoms with Gasteiger partial charge in [-0.3, -0.25) is 0 Å². The number of nitrogens with one attached hydrogen (secondary N) is 1. The molecule has 0 saturated carbocycles. The van der Waals surface area contributed by atoms with Gasteiger partial charge in [-0.15, -0.1) is 11.3 Å². The minimum atomic E-state index is -4.36. The van der Waals surface area contributed by atoms with Crippen LogP contribution in [-0.2, 0) is 6.18 Å². The molecule has 0 aliphatic heterocycles. The van der Waals surface area contributed by atoms with E-state index in [0.29, 0.717) is 12.1 Å². The summed E-state index contributed by atoms with van der Waals surface area (Å²) in [6, 6.07) is 7.98. The predicted octanol–water partition coefficient (Wildman–Crippen LogP) is 5.23. The van der Waals surface area contributed by atoms with Crippen LogP contribution in [0.3, 0.4) is 0 Å². The monoisotopic (exact) mass is 363 g/mol. The average molecular weight is 364 g/mol. The van der Waals surface area contributed by atoms with Crippen LogP contribution >= 0.6 is 27.3 Å². The van der Waals surface area contributed by atoms with Crippen molar-refractivity contribution in [1.29, 1.82) is 0 Å². The molecule has 108 valence electrons. The molecule has 0 spiro atoms. The molecule has 0 bridgehead atoms. The van der Waals surface area contributed by atoms with E-state index in [-0.39, 0.29) is 10.5 Å². The molecule has 0 fully saturated rings. The molecule has 0 saturated heterocycles. The fourth-order valence-corrected chi connectivity index (χ4v) is 3.28. The fraction of sp³-hybridized carbons (Fsp3) is 0.286. The zero-order valence-corrected chi connectivity index (χ0v) is 13.1. The van der Waals surface area contributed by atoms with E-state index in [9.17, 15) is 13.2 Å². The highest BCUT2D eigenvalue weighted by Crippen LogP contribution is 2.37. The number of alkyl halides is 3. The summed E-state index contributed by atoms with van der Waals surface area (Å²) in [7, 11) is 0. The Morgan fingerprint density at radius 2 is 2.05 bits per heavy atom. The molecule has 1 atom stereocenters. The normalized spacial score (nSPS) is 13.4. The van der Waals surface area contributed by atoms with Gasteiger partial charge in [0.25, 0.3) is 0 Å². The zero-order valence-electron chi connectivity index (χ0n) is 10.7. The largest absolute Gasteiger partial charge is 0.417 e. The first-order valence-corrected chi connectivity index (χ1v) is 7.74. The highest BCUT2D eigenvalue weighted by atomic mass is 79.9. The molecule has 1 unspecified atom stereocenters. The Morgan fingerprint density at radius 3 is 2.60 bits per heavy atom. The molecule has 20 heavy (non-hydrogen) atoms. The van der Waals surface area contributed by atoms with Gasteiger partial charge in [0.05, 0.1) is 11.6 Å². The van der Waals surface area contributed by atoms with Crippen LogP contribution < -0.4 is 5.32 Å². The molecule has 0 aliphatic carbocycles. The number of thiophene rings is 1. The minimum Gasteiger partial charge on any atom is -0.306 e. The van der Waals surface area contributed by atoms with Gasteiger partial charge in [0.2, 0.25) is 0 Å². The van der Waals surface area contributed by atoms with Gasteiger partial charge >= 0.3 is 6.18 Å². The van der Waals surface area contributed by atoms with E-state index < -0.39 is 11.7 Å². The second kappa shape index (κ2) is 6.28. The summed E-state index contributed by atoms with van der Waals surface area (Å²) in [6.45, 7) is 2.62. The van der Waals surface area contributed by atoms with Crippen molar-refractivity contribution in [3.05, 3.63) is 56.2 Å². The van der Waals surface area contributed by atoms with Gasteiger partial charge in [0, 0.05) is 9.35 Å². The zero-order chi connectivity index (χ0) is 14.8. The molecule has 1 aromatic heterocycles. The highest BCUT2D eigenvalue weighted by molar-refractivity contribution is 9.10. The van der Waals surface area contributed by atoms with Gasteiger partial charge in [0.1, 0.15) is 0 Å². The van der Waals surface area contributed by atoms with Crippen LogP contribution in [0.5, 0.6) is 0 Å². The number of hydrogen-bond donors (Lipinski definition) is 1. The third-order valence-electron chi connectivity index (χ3n) is 2.87. The standard InChI is InChI=1S/C14H13BrF3NS/c1-2-19-13(12-4-3-7-20-12)9-5-6-11(15)10(8-9)14(16,17)18/h3-8,13,19H,2H2,1H3. The van der Waals surface area contributed by atoms with Crippen LogP contribution in [0.4, 0.5) is 13.2 Å². The summed E-state index contributed by atoms with van der Waals surface area (Å²) >= 11 is 4.49. The maximum atomic E-state index is 13.0. The molecule has 0 amide bonds. The molecule has 2 aromatic rings. The molecular formula is C14H13BrF3NS. The van der Waals surface area contributed by atoms with Crippen LogP contribution in [-0.4, -0.2) is 6.54 Å². The summed E-state index contributed by atoms with van der Waals surface area (Å²) in [5, 5.41) is 5.15. The van der Waals surface area contributed by atoms with Crippen molar-refractivity contribution in [3.63, 3.8) is 0 Å². The van der Waals surface area contributed by atoms with E-state index >= 15 is 0 Å². The van der Waals surface area contributed by atoms with E-state index in [0.717, 1.165) is 4.88 Å². The van der Waals surface area contributed by atoms with Crippen molar-refractivity contribution >= 4 is 27.3 Å². The summed E-state index contributed by atoms with van der Waals surface area (Å²) in [5.41, 5.74) is -0.0284. The van der Waals surface area contributed by atoms with Crippen LogP contribution in [0, 0.1) is 0 Å². The molecule has 1 N–H and O–H groups in total. The average Bonchev–Trinajstić information content (AvgIpc) is 2.89. The first-order valence-electron chi connectivity index (χ1n) is 6.07. The van der Waals surface area contributed by atoms with Gasteiger partial charge in [-0.05, 0) is 35.7 Å². The van der Waals surface area contributed by atoms with Crippen molar-refractivity contribution in [2.24, 2.45) is 0 Å². The number of rotatable bonds is 4. The summed E-state index contributed by atoms with van der Waals surface area (Å²) in [6.07, 6.45) is -4.36. The quantitative estimate of drug-likeness (QED) is 0.784. The first kappa shape index (κ1) is 15.5. The molecule has 0 aliphatic rings. The van der Waals surface area contributed by atoms with Gasteiger partial charge in [-0.2, -0.15) is 13.2 Å². The Hall–Kier alpha value is -0.850. The number of hydrogen-bond acceptors (Lipinski definition) is 2. The van der Waals surface area contributed by atoms with E-state index in [1.54, 1.807) is 6.07 Å². The van der Waals surface area contributed by atoms with Gasteiger partial charge in [-0.25, -0.2) is 0 Å². The van der Waals surface area contributed by atoms with Gasteiger partial charge < -0.3 is 5.32 Å². The lowest BCUT2D eigenvalue weighted by Gasteiger charge is -2.19. The predicted molar refractivity (Wildman–Crippen MR) is 79.0 cm³/mol. The van der Waals surface area contributed by atoms with Crippen molar-refractivity contribution < 1.29 is 13.2 Å². The molecular weight excluding hydrogens is 351 g/mol. The van der Waals surface area contributed by atoms with Gasteiger partial charge in [0.15, 0.2) is 0 Å². The van der Waals surface area contributed by atoms with E-state index in [4.69, 9.17) is 0 Å². The Bertz CT molecular complexity index is 566. The maximum absolute atomic E-state index is 13.0. The summed E-state index contributed by atoms with van der Waals surface area (Å²) in [4.78, 5) is 1.00. The Balaban J connectivity index is 2.45. The summed E-state index contributed by atoms with van der Waals surface area (Å²) in [5.74, 6) is 0. The van der Waals surface area contributed by atoms with E-state index in [2.05, 4.69) is 21.2 Å². The third-order valence-corrected chi connectivity index (χ3v) is 4.49. The van der Waals surface area contributed by atoms with Gasteiger partial charge in [-0.1, -0.05) is 35.0 Å². The molecule has 6 heteroatoms. The molecule has 1 heterocycles. The SMILES string of the molecule is CCNC(c1ccc(Br)c(C(F)(F)F)c1)c1cccs1. The lowest BCUT2D eigenvalue weighted by Crippen LogP contribution is -2.21.